The minimum Gasteiger partial charge on any atom is -0.391 e. The number of aliphatic hydroxyl groups is 1. The number of hydrogen-bond acceptors (Lipinski definition) is 9. The van der Waals surface area contributed by atoms with E-state index in [1.165, 1.54) is 0 Å². The summed E-state index contributed by atoms with van der Waals surface area (Å²) in [4.78, 5) is 46.8. The van der Waals surface area contributed by atoms with E-state index in [1.54, 1.807) is 22.4 Å². The van der Waals surface area contributed by atoms with Crippen LogP contribution in [-0.2, 0) is 9.59 Å². The molecule has 0 saturated carbocycles. The molecule has 2 saturated heterocycles. The molecule has 2 fully saturated rings. The number of likely N-dealkylation sites (tertiary alicyclic amines) is 2. The maximum Gasteiger partial charge on any atom is 0.243 e. The number of nitrogens with one attached hydrogen (secondary N) is 2. The third kappa shape index (κ3) is 9.01. The molecule has 2 amide bonds. The number of amides is 2. The third-order valence-corrected chi connectivity index (χ3v) is 11.3. The van der Waals surface area contributed by atoms with Crippen molar-refractivity contribution in [2.24, 2.45) is 11.3 Å². The van der Waals surface area contributed by atoms with Crippen molar-refractivity contribution in [3.63, 3.8) is 0 Å². The fourth-order valence-corrected chi connectivity index (χ4v) is 8.21. The topological polar surface area (TPSA) is 124 Å². The van der Waals surface area contributed by atoms with E-state index in [4.69, 9.17) is 4.98 Å². The van der Waals surface area contributed by atoms with Gasteiger partial charge >= 0.3 is 0 Å². The second kappa shape index (κ2) is 16.0. The lowest BCUT2D eigenvalue weighted by molar-refractivity contribution is -0.145. The molecule has 2 aromatic carbocycles. The molecule has 270 valence electrons. The van der Waals surface area contributed by atoms with Gasteiger partial charge in [0.2, 0.25) is 17.8 Å². The van der Waals surface area contributed by atoms with Crippen molar-refractivity contribution in [2.45, 2.75) is 84.5 Å². The van der Waals surface area contributed by atoms with E-state index in [0.717, 1.165) is 65.4 Å². The molecular weight excluding hydrogens is 659 g/mol. The molecule has 4 heterocycles. The Balaban J connectivity index is 1.06. The number of carbonyl (C=O) groups is 2. The lowest BCUT2D eigenvalue weighted by Gasteiger charge is -2.38. The maximum atomic E-state index is 14.3. The van der Waals surface area contributed by atoms with Crippen LogP contribution in [-0.4, -0.2) is 86.0 Å². The normalized spacial score (nSPS) is 20.9. The first-order valence-corrected chi connectivity index (χ1v) is 19.0. The second-order valence-electron chi connectivity index (χ2n) is 15.1. The summed E-state index contributed by atoms with van der Waals surface area (Å²) in [6.07, 6.45) is 4.02. The van der Waals surface area contributed by atoms with Gasteiger partial charge in [-0.2, -0.15) is 0 Å². The van der Waals surface area contributed by atoms with E-state index in [0.29, 0.717) is 12.4 Å². The largest absolute Gasteiger partial charge is 0.391 e. The van der Waals surface area contributed by atoms with E-state index in [-0.39, 0.29) is 48.2 Å². The number of aryl methyl sites for hydroxylation is 1. The van der Waals surface area contributed by atoms with E-state index >= 15 is 0 Å². The summed E-state index contributed by atoms with van der Waals surface area (Å²) >= 11 is 1.61. The molecule has 11 heteroatoms. The zero-order valence-electron chi connectivity index (χ0n) is 30.4. The number of aliphatic hydroxyl groups excluding tert-OH is 1. The Labute approximate surface area is 305 Å². The number of anilines is 1. The highest BCUT2D eigenvalue weighted by molar-refractivity contribution is 7.13. The van der Waals surface area contributed by atoms with Crippen molar-refractivity contribution < 1.29 is 14.7 Å². The van der Waals surface area contributed by atoms with Crippen LogP contribution in [0.1, 0.15) is 70.7 Å². The van der Waals surface area contributed by atoms with Crippen molar-refractivity contribution >= 4 is 29.1 Å². The van der Waals surface area contributed by atoms with Crippen LogP contribution in [0.25, 0.3) is 21.7 Å². The average Bonchev–Trinajstić information content (AvgIpc) is 3.73. The highest BCUT2D eigenvalue weighted by Crippen LogP contribution is 2.34. The van der Waals surface area contributed by atoms with Gasteiger partial charge in [0.1, 0.15) is 6.04 Å². The molecule has 4 aromatic rings. The Morgan fingerprint density at radius 2 is 1.78 bits per heavy atom. The van der Waals surface area contributed by atoms with Crippen LogP contribution in [0.15, 0.2) is 72.4 Å². The Kier molecular flexibility index (Phi) is 11.5. The predicted molar refractivity (Wildman–Crippen MR) is 203 cm³/mol. The van der Waals surface area contributed by atoms with Crippen LogP contribution in [0.3, 0.4) is 0 Å². The summed E-state index contributed by atoms with van der Waals surface area (Å²) in [5, 5.41) is 17.4. The molecule has 51 heavy (non-hydrogen) atoms. The molecule has 5 atom stereocenters. The van der Waals surface area contributed by atoms with Crippen LogP contribution < -0.4 is 10.6 Å². The summed E-state index contributed by atoms with van der Waals surface area (Å²) in [5.41, 5.74) is 6.54. The second-order valence-corrected chi connectivity index (χ2v) is 16.0. The van der Waals surface area contributed by atoms with Crippen molar-refractivity contribution in [1.29, 1.82) is 0 Å². The van der Waals surface area contributed by atoms with Gasteiger partial charge in [-0.25, -0.2) is 15.0 Å². The first kappa shape index (κ1) is 36.6. The molecule has 6 rings (SSSR count). The van der Waals surface area contributed by atoms with Gasteiger partial charge in [-0.15, -0.1) is 11.3 Å². The van der Waals surface area contributed by atoms with E-state index in [1.807, 2.05) is 67.9 Å². The fourth-order valence-electron chi connectivity index (χ4n) is 7.40. The van der Waals surface area contributed by atoms with Gasteiger partial charge in [-0.05, 0) is 68.8 Å². The smallest absolute Gasteiger partial charge is 0.243 e. The molecule has 2 aliphatic heterocycles. The Morgan fingerprint density at radius 3 is 2.49 bits per heavy atom. The van der Waals surface area contributed by atoms with Gasteiger partial charge in [-0.3, -0.25) is 9.59 Å². The molecule has 2 aliphatic rings. The molecule has 0 radical (unpaired) electrons. The molecule has 0 spiro atoms. The molecule has 0 aliphatic carbocycles. The predicted octanol–water partition coefficient (Wildman–Crippen LogP) is 6.34. The lowest BCUT2D eigenvalue weighted by atomic mass is 9.77. The zero-order chi connectivity index (χ0) is 36.1. The maximum absolute atomic E-state index is 14.3. The standard InChI is InChI=1S/C40H51N7O3S/c1-26(28-13-15-30(16-14-28)36-27(2)42-25-51-36)43-37(49)35-22-32(48)24-47(35)38(50)33(40(3,4)5)18-21-46-20-9-12-31(23-46)44-39-41-19-17-34(45-39)29-10-7-6-8-11-29/h6-8,10-11,13-17,19,25-26,31-33,35,48H,9,12,18,20-24H2,1-5H3,(H,43,49)(H,41,44,45)/t26-,31-,32-,33+,35-/m0/s1. The highest BCUT2D eigenvalue weighted by Gasteiger charge is 2.44. The summed E-state index contributed by atoms with van der Waals surface area (Å²) in [5.74, 6) is 0.0255. The molecule has 3 N–H and O–H groups in total. The summed E-state index contributed by atoms with van der Waals surface area (Å²) in [6.45, 7) is 13.0. The zero-order valence-corrected chi connectivity index (χ0v) is 31.2. The van der Waals surface area contributed by atoms with Crippen molar-refractivity contribution in [2.75, 3.05) is 31.5 Å². The van der Waals surface area contributed by atoms with E-state index in [2.05, 4.69) is 58.4 Å². The first-order chi connectivity index (χ1) is 24.5. The Bertz CT molecular complexity index is 1770. The number of piperidine rings is 1. The van der Waals surface area contributed by atoms with Crippen LogP contribution in [0.2, 0.25) is 0 Å². The van der Waals surface area contributed by atoms with Crippen molar-refractivity contribution in [1.82, 2.24) is 30.1 Å². The van der Waals surface area contributed by atoms with Gasteiger partial charge < -0.3 is 25.5 Å². The SMILES string of the molecule is Cc1ncsc1-c1ccc([C@H](C)NC(=O)[C@@H]2C[C@H](O)CN2C(=O)[C@@H](CCN2CCC[C@H](Nc3nccc(-c4ccccc4)n3)C2)C(C)(C)C)cc1. The highest BCUT2D eigenvalue weighted by atomic mass is 32.1. The van der Waals surface area contributed by atoms with Crippen molar-refractivity contribution in [3.05, 3.63) is 83.6 Å². The number of hydrogen-bond donors (Lipinski definition) is 3. The number of benzene rings is 2. The van der Waals surface area contributed by atoms with E-state index < -0.39 is 12.1 Å². The molecular formula is C40H51N7O3S. The minimum absolute atomic E-state index is 0.0612. The molecule has 0 unspecified atom stereocenters. The molecule has 0 bridgehead atoms. The van der Waals surface area contributed by atoms with E-state index in [9.17, 15) is 14.7 Å². The van der Waals surface area contributed by atoms with Crippen molar-refractivity contribution in [3.8, 4) is 21.7 Å². The minimum atomic E-state index is -0.737. The summed E-state index contributed by atoms with van der Waals surface area (Å²) in [6, 6.07) is 19.4. The summed E-state index contributed by atoms with van der Waals surface area (Å²) in [7, 11) is 0. The average molecular weight is 710 g/mol. The quantitative estimate of drug-likeness (QED) is 0.165. The van der Waals surface area contributed by atoms with Crippen LogP contribution in [0, 0.1) is 18.3 Å². The van der Waals surface area contributed by atoms with Gasteiger partial charge in [0.05, 0.1) is 33.9 Å². The molecule has 2 aromatic heterocycles. The van der Waals surface area contributed by atoms with Gasteiger partial charge in [0.25, 0.3) is 0 Å². The monoisotopic (exact) mass is 709 g/mol. The van der Waals surface area contributed by atoms with Gasteiger partial charge in [0.15, 0.2) is 0 Å². The molecule has 10 nitrogen and oxygen atoms in total. The third-order valence-electron chi connectivity index (χ3n) is 10.3. The van der Waals surface area contributed by atoms with Crippen LogP contribution in [0.4, 0.5) is 5.95 Å². The number of thiazole rings is 1. The number of β-amino-alcohol motifs (C(OH)–C–C–N with tert-alkyl or cyclic N) is 1. The summed E-state index contributed by atoms with van der Waals surface area (Å²) < 4.78 is 0. The van der Waals surface area contributed by atoms with Crippen LogP contribution >= 0.6 is 11.3 Å². The lowest BCUT2D eigenvalue weighted by Crippen LogP contribution is -2.51. The number of rotatable bonds is 11. The Hall–Kier alpha value is -4.19. The van der Waals surface area contributed by atoms with Crippen LogP contribution in [0.5, 0.6) is 0 Å². The first-order valence-electron chi connectivity index (χ1n) is 18.1. The number of carbonyl (C=O) groups excluding carboxylic acids is 2. The van der Waals surface area contributed by atoms with Gasteiger partial charge in [0, 0.05) is 43.2 Å². The number of aromatic nitrogens is 3. The number of nitrogens with zero attached hydrogens (tertiary/aromatic N) is 5. The Morgan fingerprint density at radius 1 is 1.02 bits per heavy atom. The van der Waals surface area contributed by atoms with Gasteiger partial charge in [-0.1, -0.05) is 75.4 Å². The fraction of sp³-hybridized carbons (Fsp3) is 0.475.